The molecular formula is C24H20N2O3. The molecule has 0 radical (unpaired) electrons. The van der Waals surface area contributed by atoms with Crippen LogP contribution >= 0.6 is 0 Å². The lowest BCUT2D eigenvalue weighted by Crippen LogP contribution is -2.14. The van der Waals surface area contributed by atoms with Crippen LogP contribution in [-0.4, -0.2) is 18.0 Å². The van der Waals surface area contributed by atoms with Crippen molar-refractivity contribution in [2.75, 3.05) is 12.4 Å². The van der Waals surface area contributed by atoms with Crippen LogP contribution in [0.3, 0.4) is 0 Å². The fourth-order valence-corrected chi connectivity index (χ4v) is 3.03. The van der Waals surface area contributed by atoms with Crippen molar-refractivity contribution in [3.8, 4) is 17.2 Å². The predicted octanol–water partition coefficient (Wildman–Crippen LogP) is 5.60. The van der Waals surface area contributed by atoms with E-state index >= 15 is 0 Å². The summed E-state index contributed by atoms with van der Waals surface area (Å²) in [5.41, 5.74) is 2.67. The molecule has 0 aliphatic rings. The van der Waals surface area contributed by atoms with Gasteiger partial charge in [0.05, 0.1) is 23.9 Å². The molecule has 0 saturated carbocycles. The van der Waals surface area contributed by atoms with Crippen molar-refractivity contribution in [3.63, 3.8) is 0 Å². The summed E-state index contributed by atoms with van der Waals surface area (Å²) in [6, 6.07) is 24.3. The van der Waals surface area contributed by atoms with Crippen LogP contribution in [0.5, 0.6) is 17.2 Å². The van der Waals surface area contributed by atoms with E-state index in [1.807, 2.05) is 85.8 Å². The highest BCUT2D eigenvalue weighted by Gasteiger charge is 2.13. The Labute approximate surface area is 168 Å². The zero-order valence-corrected chi connectivity index (χ0v) is 16.2. The maximum absolute atomic E-state index is 12.8. The minimum Gasteiger partial charge on any atom is -0.497 e. The molecule has 5 heteroatoms. The van der Waals surface area contributed by atoms with Crippen molar-refractivity contribution in [3.05, 3.63) is 90.1 Å². The predicted molar refractivity (Wildman–Crippen MR) is 114 cm³/mol. The lowest BCUT2D eigenvalue weighted by molar-refractivity contribution is 0.102. The van der Waals surface area contributed by atoms with E-state index in [2.05, 4.69) is 10.3 Å². The van der Waals surface area contributed by atoms with Gasteiger partial charge in [0.2, 0.25) is 0 Å². The number of carbonyl (C=O) groups is 1. The standard InChI is InChI=1S/C24H20N2O3/c1-16-22(14-17-8-11-21(28-2)15-23(17)25-16)24(27)26-18-9-12-20(13-10-18)29-19-6-4-3-5-7-19/h3-15H,1-2H3,(H,26,27). The summed E-state index contributed by atoms with van der Waals surface area (Å²) in [6.07, 6.45) is 0. The van der Waals surface area contributed by atoms with Crippen LogP contribution < -0.4 is 14.8 Å². The first kappa shape index (κ1) is 18.5. The number of para-hydroxylation sites is 1. The first-order valence-corrected chi connectivity index (χ1v) is 9.22. The van der Waals surface area contributed by atoms with Crippen molar-refractivity contribution >= 4 is 22.5 Å². The van der Waals surface area contributed by atoms with E-state index in [0.29, 0.717) is 22.7 Å². The van der Waals surface area contributed by atoms with Crippen LogP contribution in [-0.2, 0) is 0 Å². The van der Waals surface area contributed by atoms with Crippen molar-refractivity contribution in [1.82, 2.24) is 4.98 Å². The number of fused-ring (bicyclic) bond motifs is 1. The number of aromatic nitrogens is 1. The summed E-state index contributed by atoms with van der Waals surface area (Å²) in [5, 5.41) is 3.80. The normalized spacial score (nSPS) is 10.6. The third-order valence-electron chi connectivity index (χ3n) is 4.55. The van der Waals surface area contributed by atoms with Gasteiger partial charge >= 0.3 is 0 Å². The van der Waals surface area contributed by atoms with Crippen molar-refractivity contribution in [1.29, 1.82) is 0 Å². The van der Waals surface area contributed by atoms with Gasteiger partial charge in [0.25, 0.3) is 5.91 Å². The molecule has 4 aromatic rings. The highest BCUT2D eigenvalue weighted by molar-refractivity contribution is 6.06. The fourth-order valence-electron chi connectivity index (χ4n) is 3.03. The van der Waals surface area contributed by atoms with Gasteiger partial charge in [-0.05, 0) is 61.5 Å². The van der Waals surface area contributed by atoms with Gasteiger partial charge in [-0.3, -0.25) is 9.78 Å². The van der Waals surface area contributed by atoms with E-state index in [0.717, 1.165) is 22.4 Å². The zero-order valence-electron chi connectivity index (χ0n) is 16.2. The highest BCUT2D eigenvalue weighted by Crippen LogP contribution is 2.24. The number of nitrogens with one attached hydrogen (secondary N) is 1. The Hall–Kier alpha value is -3.86. The Morgan fingerprint density at radius 3 is 2.28 bits per heavy atom. The third-order valence-corrected chi connectivity index (χ3v) is 4.55. The first-order valence-electron chi connectivity index (χ1n) is 9.22. The minimum absolute atomic E-state index is 0.204. The Bertz CT molecular complexity index is 1160. The Morgan fingerprint density at radius 2 is 1.55 bits per heavy atom. The minimum atomic E-state index is -0.204. The van der Waals surface area contributed by atoms with Gasteiger partial charge in [0.15, 0.2) is 0 Å². The first-order chi connectivity index (χ1) is 14.1. The van der Waals surface area contributed by atoms with Crippen LogP contribution in [0.25, 0.3) is 10.9 Å². The second-order valence-corrected chi connectivity index (χ2v) is 6.57. The molecule has 1 amide bonds. The van der Waals surface area contributed by atoms with Crippen LogP contribution in [0.1, 0.15) is 16.1 Å². The Balaban J connectivity index is 1.51. The quantitative estimate of drug-likeness (QED) is 0.487. The lowest BCUT2D eigenvalue weighted by Gasteiger charge is -2.10. The molecule has 1 aromatic heterocycles. The number of benzene rings is 3. The molecule has 0 unspecified atom stereocenters. The largest absolute Gasteiger partial charge is 0.497 e. The van der Waals surface area contributed by atoms with Crippen LogP contribution in [0.15, 0.2) is 78.9 Å². The van der Waals surface area contributed by atoms with E-state index < -0.39 is 0 Å². The number of methoxy groups -OCH3 is 1. The molecule has 144 valence electrons. The second-order valence-electron chi connectivity index (χ2n) is 6.57. The fraction of sp³-hybridized carbons (Fsp3) is 0.0833. The monoisotopic (exact) mass is 384 g/mol. The summed E-state index contributed by atoms with van der Waals surface area (Å²) in [4.78, 5) is 17.3. The molecule has 0 fully saturated rings. The molecule has 0 spiro atoms. The van der Waals surface area contributed by atoms with Gasteiger partial charge in [-0.15, -0.1) is 0 Å². The molecule has 3 aromatic carbocycles. The smallest absolute Gasteiger partial charge is 0.257 e. The van der Waals surface area contributed by atoms with Crippen molar-refractivity contribution in [2.24, 2.45) is 0 Å². The number of pyridine rings is 1. The number of hydrogen-bond acceptors (Lipinski definition) is 4. The Kier molecular flexibility index (Phi) is 5.12. The Morgan fingerprint density at radius 1 is 0.862 bits per heavy atom. The van der Waals surface area contributed by atoms with Gasteiger partial charge < -0.3 is 14.8 Å². The van der Waals surface area contributed by atoms with E-state index in [-0.39, 0.29) is 5.91 Å². The van der Waals surface area contributed by atoms with Crippen molar-refractivity contribution < 1.29 is 14.3 Å². The number of hydrogen-bond donors (Lipinski definition) is 1. The third kappa shape index (κ3) is 4.19. The highest BCUT2D eigenvalue weighted by atomic mass is 16.5. The van der Waals surface area contributed by atoms with E-state index in [9.17, 15) is 4.79 Å². The SMILES string of the molecule is COc1ccc2cc(C(=O)Nc3ccc(Oc4ccccc4)cc3)c(C)nc2c1. The molecule has 0 atom stereocenters. The number of amides is 1. The van der Waals surface area contributed by atoms with Crippen LogP contribution in [0, 0.1) is 6.92 Å². The molecule has 0 bridgehead atoms. The molecule has 0 aliphatic carbocycles. The molecule has 1 N–H and O–H groups in total. The molecule has 0 saturated heterocycles. The summed E-state index contributed by atoms with van der Waals surface area (Å²) in [7, 11) is 1.62. The van der Waals surface area contributed by atoms with Crippen molar-refractivity contribution in [2.45, 2.75) is 6.92 Å². The maximum Gasteiger partial charge on any atom is 0.257 e. The molecule has 4 rings (SSSR count). The number of aryl methyl sites for hydroxylation is 1. The van der Waals surface area contributed by atoms with Gasteiger partial charge in [-0.1, -0.05) is 18.2 Å². The van der Waals surface area contributed by atoms with E-state index in [4.69, 9.17) is 9.47 Å². The summed E-state index contributed by atoms with van der Waals surface area (Å²) >= 11 is 0. The summed E-state index contributed by atoms with van der Waals surface area (Å²) in [5.74, 6) is 1.99. The molecular weight excluding hydrogens is 364 g/mol. The summed E-state index contributed by atoms with van der Waals surface area (Å²) < 4.78 is 11.0. The average molecular weight is 384 g/mol. The van der Waals surface area contributed by atoms with Gasteiger partial charge in [0, 0.05) is 17.1 Å². The second kappa shape index (κ2) is 8.02. The molecule has 29 heavy (non-hydrogen) atoms. The lowest BCUT2D eigenvalue weighted by atomic mass is 10.1. The molecule has 5 nitrogen and oxygen atoms in total. The molecule has 0 aliphatic heterocycles. The van der Waals surface area contributed by atoms with Crippen LogP contribution in [0.4, 0.5) is 5.69 Å². The van der Waals surface area contributed by atoms with E-state index in [1.165, 1.54) is 0 Å². The van der Waals surface area contributed by atoms with Crippen LogP contribution in [0.2, 0.25) is 0 Å². The number of anilines is 1. The number of carbonyl (C=O) groups excluding carboxylic acids is 1. The number of ether oxygens (including phenoxy) is 2. The zero-order chi connectivity index (χ0) is 20.2. The topological polar surface area (TPSA) is 60.5 Å². The number of rotatable bonds is 5. The summed E-state index contributed by atoms with van der Waals surface area (Å²) in [6.45, 7) is 1.82. The van der Waals surface area contributed by atoms with Gasteiger partial charge in [0.1, 0.15) is 17.2 Å². The molecule has 1 heterocycles. The van der Waals surface area contributed by atoms with E-state index in [1.54, 1.807) is 7.11 Å². The maximum atomic E-state index is 12.8. The average Bonchev–Trinajstić information content (AvgIpc) is 2.75. The van der Waals surface area contributed by atoms with Gasteiger partial charge in [-0.2, -0.15) is 0 Å². The van der Waals surface area contributed by atoms with Gasteiger partial charge in [-0.25, -0.2) is 0 Å². The number of nitrogens with zero attached hydrogens (tertiary/aromatic N) is 1.